The van der Waals surface area contributed by atoms with Gasteiger partial charge in [0.2, 0.25) is 0 Å². The van der Waals surface area contributed by atoms with Crippen molar-refractivity contribution >= 4 is 5.97 Å². The third-order valence-corrected chi connectivity index (χ3v) is 1.87. The SMILES string of the molecule is COCCN(CCO)CC(C)=CC(=O)O. The molecule has 0 fully saturated rings. The number of hydrogen-bond acceptors (Lipinski definition) is 4. The summed E-state index contributed by atoms with van der Waals surface area (Å²) in [6.45, 7) is 4.13. The van der Waals surface area contributed by atoms with Crippen molar-refractivity contribution in [3.63, 3.8) is 0 Å². The van der Waals surface area contributed by atoms with Gasteiger partial charge >= 0.3 is 5.97 Å². The van der Waals surface area contributed by atoms with Crippen LogP contribution >= 0.6 is 0 Å². The summed E-state index contributed by atoms with van der Waals surface area (Å²) < 4.78 is 4.92. The van der Waals surface area contributed by atoms with Crippen LogP contribution in [0.1, 0.15) is 6.92 Å². The highest BCUT2D eigenvalue weighted by atomic mass is 16.5. The molecule has 0 radical (unpaired) electrons. The first-order chi connectivity index (χ1) is 7.10. The third kappa shape index (κ3) is 8.11. The second kappa shape index (κ2) is 8.40. The van der Waals surface area contributed by atoms with Crippen LogP contribution in [0.5, 0.6) is 0 Å². The van der Waals surface area contributed by atoms with Gasteiger partial charge in [-0.15, -0.1) is 0 Å². The van der Waals surface area contributed by atoms with Crippen molar-refractivity contribution in [3.05, 3.63) is 11.6 Å². The zero-order valence-corrected chi connectivity index (χ0v) is 9.27. The van der Waals surface area contributed by atoms with Crippen LogP contribution in [0, 0.1) is 0 Å². The number of ether oxygens (including phenoxy) is 1. The van der Waals surface area contributed by atoms with E-state index in [9.17, 15) is 4.79 Å². The van der Waals surface area contributed by atoms with Gasteiger partial charge in [0.25, 0.3) is 0 Å². The molecule has 0 aliphatic rings. The lowest BCUT2D eigenvalue weighted by molar-refractivity contribution is -0.131. The van der Waals surface area contributed by atoms with E-state index >= 15 is 0 Å². The predicted octanol–water partition coefficient (Wildman–Crippen LogP) is -0.0420. The molecule has 5 heteroatoms. The van der Waals surface area contributed by atoms with Crippen LogP contribution in [0.25, 0.3) is 0 Å². The van der Waals surface area contributed by atoms with Gasteiger partial charge in [0, 0.05) is 32.8 Å². The van der Waals surface area contributed by atoms with Crippen LogP contribution in [-0.2, 0) is 9.53 Å². The highest BCUT2D eigenvalue weighted by Crippen LogP contribution is 1.98. The molecule has 0 aliphatic carbocycles. The highest BCUT2D eigenvalue weighted by Gasteiger charge is 2.05. The summed E-state index contributed by atoms with van der Waals surface area (Å²) in [4.78, 5) is 12.3. The molecule has 0 heterocycles. The lowest BCUT2D eigenvalue weighted by Crippen LogP contribution is -2.31. The monoisotopic (exact) mass is 217 g/mol. The molecule has 0 rings (SSSR count). The molecule has 0 aliphatic heterocycles. The molecule has 0 bridgehead atoms. The Bertz CT molecular complexity index is 215. The number of hydrogen-bond donors (Lipinski definition) is 2. The molecule has 15 heavy (non-hydrogen) atoms. The van der Waals surface area contributed by atoms with Crippen molar-refractivity contribution in [3.8, 4) is 0 Å². The van der Waals surface area contributed by atoms with Crippen LogP contribution in [0.15, 0.2) is 11.6 Å². The Balaban J connectivity index is 4.08. The van der Waals surface area contributed by atoms with Crippen LogP contribution < -0.4 is 0 Å². The van der Waals surface area contributed by atoms with E-state index in [0.29, 0.717) is 26.2 Å². The summed E-state index contributed by atoms with van der Waals surface area (Å²) in [5, 5.41) is 17.3. The van der Waals surface area contributed by atoms with Crippen LogP contribution in [0.3, 0.4) is 0 Å². The van der Waals surface area contributed by atoms with E-state index in [-0.39, 0.29) is 6.61 Å². The molecular formula is C10H19NO4. The highest BCUT2D eigenvalue weighted by molar-refractivity contribution is 5.80. The number of aliphatic hydroxyl groups is 1. The largest absolute Gasteiger partial charge is 0.478 e. The van der Waals surface area contributed by atoms with Gasteiger partial charge in [-0.3, -0.25) is 4.90 Å². The fourth-order valence-electron chi connectivity index (χ4n) is 1.24. The van der Waals surface area contributed by atoms with Gasteiger partial charge in [-0.05, 0) is 6.92 Å². The lowest BCUT2D eigenvalue weighted by atomic mass is 10.2. The normalized spacial score (nSPS) is 12.1. The van der Waals surface area contributed by atoms with Crippen molar-refractivity contribution in [2.45, 2.75) is 6.92 Å². The van der Waals surface area contributed by atoms with Gasteiger partial charge in [-0.2, -0.15) is 0 Å². The topological polar surface area (TPSA) is 70.0 Å². The third-order valence-electron chi connectivity index (χ3n) is 1.87. The summed E-state index contributed by atoms with van der Waals surface area (Å²) in [6, 6.07) is 0. The van der Waals surface area contributed by atoms with Crippen molar-refractivity contribution < 1.29 is 19.7 Å². The van der Waals surface area contributed by atoms with Crippen molar-refractivity contribution in [1.82, 2.24) is 4.90 Å². The molecule has 0 amide bonds. The van der Waals surface area contributed by atoms with Crippen LogP contribution in [0.4, 0.5) is 0 Å². The summed E-state index contributed by atoms with van der Waals surface area (Å²) >= 11 is 0. The van der Waals surface area contributed by atoms with Gasteiger partial charge in [0.1, 0.15) is 0 Å². The fourth-order valence-corrected chi connectivity index (χ4v) is 1.24. The lowest BCUT2D eigenvalue weighted by Gasteiger charge is -2.20. The van der Waals surface area contributed by atoms with E-state index < -0.39 is 5.97 Å². The average Bonchev–Trinajstić information content (AvgIpc) is 2.13. The molecule has 88 valence electrons. The van der Waals surface area contributed by atoms with E-state index in [1.54, 1.807) is 14.0 Å². The Hall–Kier alpha value is -0.910. The summed E-state index contributed by atoms with van der Waals surface area (Å²) in [5.74, 6) is -0.941. The standard InChI is InChI=1S/C10H19NO4/c1-9(7-10(13)14)8-11(3-5-12)4-6-15-2/h7,12H,3-6,8H2,1-2H3,(H,13,14). The minimum atomic E-state index is -0.941. The number of aliphatic carboxylic acids is 1. The second-order valence-electron chi connectivity index (χ2n) is 3.32. The quantitative estimate of drug-likeness (QED) is 0.558. The second-order valence-corrected chi connectivity index (χ2v) is 3.32. The number of carbonyl (C=O) groups is 1. The van der Waals surface area contributed by atoms with E-state index in [4.69, 9.17) is 14.9 Å². The Morgan fingerprint density at radius 2 is 2.13 bits per heavy atom. The first-order valence-electron chi connectivity index (χ1n) is 4.82. The first kappa shape index (κ1) is 14.1. The summed E-state index contributed by atoms with van der Waals surface area (Å²) in [7, 11) is 1.61. The van der Waals surface area contributed by atoms with Crippen molar-refractivity contribution in [1.29, 1.82) is 0 Å². The van der Waals surface area contributed by atoms with Gasteiger partial charge in [0.15, 0.2) is 0 Å². The molecule has 5 nitrogen and oxygen atoms in total. The Labute approximate surface area is 90.0 Å². The zero-order valence-electron chi connectivity index (χ0n) is 9.27. The van der Waals surface area contributed by atoms with E-state index in [1.165, 1.54) is 6.08 Å². The molecule has 2 N–H and O–H groups in total. The van der Waals surface area contributed by atoms with Crippen molar-refractivity contribution in [2.24, 2.45) is 0 Å². The van der Waals surface area contributed by atoms with Gasteiger partial charge in [-0.1, -0.05) is 5.57 Å². The predicted molar refractivity (Wildman–Crippen MR) is 56.8 cm³/mol. The Kier molecular flexibility index (Phi) is 7.89. The van der Waals surface area contributed by atoms with Crippen LogP contribution in [-0.4, -0.2) is 61.0 Å². The maximum atomic E-state index is 10.4. The summed E-state index contributed by atoms with van der Waals surface area (Å²) in [5.41, 5.74) is 0.757. The van der Waals surface area contributed by atoms with E-state index in [1.807, 2.05) is 4.90 Å². The fraction of sp³-hybridized carbons (Fsp3) is 0.700. The van der Waals surface area contributed by atoms with Crippen molar-refractivity contribution in [2.75, 3.05) is 40.0 Å². The van der Waals surface area contributed by atoms with Crippen LogP contribution in [0.2, 0.25) is 0 Å². The maximum Gasteiger partial charge on any atom is 0.328 e. The molecule has 0 saturated heterocycles. The molecule has 0 atom stereocenters. The number of carboxylic acids is 1. The maximum absolute atomic E-state index is 10.4. The number of methoxy groups -OCH3 is 1. The first-order valence-corrected chi connectivity index (χ1v) is 4.82. The molecular weight excluding hydrogens is 198 g/mol. The minimum Gasteiger partial charge on any atom is -0.478 e. The molecule has 0 saturated carbocycles. The van der Waals surface area contributed by atoms with E-state index in [0.717, 1.165) is 5.57 Å². The Morgan fingerprint density at radius 1 is 1.47 bits per heavy atom. The molecule has 0 aromatic heterocycles. The molecule has 0 spiro atoms. The minimum absolute atomic E-state index is 0.0596. The van der Waals surface area contributed by atoms with Gasteiger partial charge in [0.05, 0.1) is 13.2 Å². The number of nitrogens with zero attached hydrogens (tertiary/aromatic N) is 1. The zero-order chi connectivity index (χ0) is 11.7. The van der Waals surface area contributed by atoms with Gasteiger partial charge in [-0.25, -0.2) is 4.79 Å². The molecule has 0 aromatic carbocycles. The molecule has 0 aromatic rings. The van der Waals surface area contributed by atoms with E-state index in [2.05, 4.69) is 0 Å². The average molecular weight is 217 g/mol. The number of aliphatic hydroxyl groups excluding tert-OH is 1. The van der Waals surface area contributed by atoms with Gasteiger partial charge < -0.3 is 14.9 Å². The molecule has 0 unspecified atom stereocenters. The number of rotatable bonds is 8. The Morgan fingerprint density at radius 3 is 2.60 bits per heavy atom. The number of carboxylic acid groups (broad SMARTS) is 1. The smallest absolute Gasteiger partial charge is 0.328 e. The summed E-state index contributed by atoms with van der Waals surface area (Å²) in [6.07, 6.45) is 1.18.